The minimum Gasteiger partial charge on any atom is -0.489 e. The van der Waals surface area contributed by atoms with Crippen molar-refractivity contribution in [2.75, 3.05) is 23.9 Å². The molecular formula is C29H27FN4O3S2. The molecule has 0 aliphatic heterocycles. The zero-order chi connectivity index (χ0) is 27.2. The van der Waals surface area contributed by atoms with Crippen molar-refractivity contribution in [3.63, 3.8) is 0 Å². The highest BCUT2D eigenvalue weighted by Crippen LogP contribution is 2.31. The van der Waals surface area contributed by atoms with Gasteiger partial charge in [-0.2, -0.15) is 0 Å². The third-order valence-electron chi connectivity index (χ3n) is 5.93. The van der Waals surface area contributed by atoms with Gasteiger partial charge in [-0.1, -0.05) is 24.3 Å². The fourth-order valence-electron chi connectivity index (χ4n) is 3.97. The Morgan fingerprint density at radius 1 is 1.03 bits per heavy atom. The van der Waals surface area contributed by atoms with Gasteiger partial charge in [-0.05, 0) is 54.1 Å². The fraction of sp³-hybridized carbons (Fsp3) is 0.172. The normalized spacial score (nSPS) is 11.5. The third-order valence-corrected chi connectivity index (χ3v) is 7.81. The van der Waals surface area contributed by atoms with Crippen LogP contribution in [0.2, 0.25) is 0 Å². The van der Waals surface area contributed by atoms with Gasteiger partial charge in [0, 0.05) is 53.2 Å². The summed E-state index contributed by atoms with van der Waals surface area (Å²) in [5.74, 6) is 0.521. The van der Waals surface area contributed by atoms with E-state index in [-0.39, 0.29) is 11.6 Å². The lowest BCUT2D eigenvalue weighted by Crippen LogP contribution is -2.22. The number of hydrogen-bond donors (Lipinski definition) is 2. The van der Waals surface area contributed by atoms with Crippen LogP contribution in [0.1, 0.15) is 11.3 Å². The van der Waals surface area contributed by atoms with Gasteiger partial charge in [0.05, 0.1) is 17.0 Å². The van der Waals surface area contributed by atoms with Crippen LogP contribution in [-0.2, 0) is 23.0 Å². The van der Waals surface area contributed by atoms with Crippen LogP contribution in [0.25, 0.3) is 21.5 Å². The smallest absolute Gasteiger partial charge is 0.148 e. The maximum Gasteiger partial charge on any atom is 0.148 e. The number of halogens is 1. The van der Waals surface area contributed by atoms with E-state index >= 15 is 0 Å². The maximum absolute atomic E-state index is 13.4. The summed E-state index contributed by atoms with van der Waals surface area (Å²) in [5.41, 5.74) is 5.29. The highest BCUT2D eigenvalue weighted by atomic mass is 32.2. The Morgan fingerprint density at radius 2 is 1.87 bits per heavy atom. The molecule has 3 aromatic carbocycles. The first-order valence-electron chi connectivity index (χ1n) is 12.3. The van der Waals surface area contributed by atoms with Gasteiger partial charge in [-0.15, -0.1) is 11.3 Å². The Morgan fingerprint density at radius 3 is 2.67 bits per heavy atom. The van der Waals surface area contributed by atoms with E-state index in [1.807, 2.05) is 60.0 Å². The van der Waals surface area contributed by atoms with Gasteiger partial charge in [0.2, 0.25) is 0 Å². The molecule has 0 bridgehead atoms. The summed E-state index contributed by atoms with van der Waals surface area (Å²) < 4.78 is 41.7. The van der Waals surface area contributed by atoms with Gasteiger partial charge in [-0.25, -0.2) is 17.8 Å². The van der Waals surface area contributed by atoms with E-state index in [1.54, 1.807) is 23.6 Å². The van der Waals surface area contributed by atoms with E-state index in [9.17, 15) is 12.8 Å². The molecule has 0 aliphatic rings. The summed E-state index contributed by atoms with van der Waals surface area (Å²) in [5, 5.41) is 10.4. The lowest BCUT2D eigenvalue weighted by atomic mass is 10.1. The highest BCUT2D eigenvalue weighted by Gasteiger charge is 2.09. The number of hydrogen-bond acceptors (Lipinski definition) is 8. The first kappa shape index (κ1) is 26.7. The zero-order valence-corrected chi connectivity index (χ0v) is 22.9. The molecule has 200 valence electrons. The number of anilines is 2. The number of fused-ring (bicyclic) bond motifs is 1. The number of thiazole rings is 1. The number of pyridine rings is 1. The molecule has 39 heavy (non-hydrogen) atoms. The van der Waals surface area contributed by atoms with Crippen LogP contribution in [0.3, 0.4) is 0 Å². The molecule has 0 amide bonds. The predicted molar refractivity (Wildman–Crippen MR) is 155 cm³/mol. The van der Waals surface area contributed by atoms with Gasteiger partial charge >= 0.3 is 0 Å². The molecule has 0 unspecified atom stereocenters. The van der Waals surface area contributed by atoms with Gasteiger partial charge in [-0.3, -0.25) is 4.98 Å². The second-order valence-corrected chi connectivity index (χ2v) is 12.2. The van der Waals surface area contributed by atoms with Gasteiger partial charge in [0.1, 0.15) is 33.0 Å². The van der Waals surface area contributed by atoms with Gasteiger partial charge in [0.15, 0.2) is 0 Å². The molecule has 0 saturated heterocycles. The van der Waals surface area contributed by atoms with Crippen molar-refractivity contribution in [1.82, 2.24) is 15.3 Å². The van der Waals surface area contributed by atoms with Crippen LogP contribution >= 0.6 is 11.3 Å². The second-order valence-electron chi connectivity index (χ2n) is 9.11. The zero-order valence-electron chi connectivity index (χ0n) is 21.2. The SMILES string of the molecule is CS(=O)(=O)CCNCc1csc(-c2ccc3c(Nc4ccc(OCc5cccc(F)c5)cc4)ccnc3c2)n1. The molecule has 5 rings (SSSR count). The Kier molecular flexibility index (Phi) is 8.16. The van der Waals surface area contributed by atoms with Crippen molar-refractivity contribution < 1.29 is 17.5 Å². The molecule has 5 aromatic rings. The standard InChI is InChI=1S/C29H27FN4O3S2/c1-39(35,36)14-13-31-17-24-19-38-29(34-24)21-5-10-26-27(11-12-32-28(26)16-21)33-23-6-8-25(9-7-23)37-18-20-3-2-4-22(30)15-20/h2-12,15-16,19,31H,13-14,17-18H2,1H3,(H,32,33). The third kappa shape index (κ3) is 7.38. The predicted octanol–water partition coefficient (Wildman–Crippen LogP) is 5.95. The first-order valence-corrected chi connectivity index (χ1v) is 15.2. The Labute approximate surface area is 230 Å². The maximum atomic E-state index is 13.4. The van der Waals surface area contributed by atoms with Crippen LogP contribution < -0.4 is 15.4 Å². The van der Waals surface area contributed by atoms with Gasteiger partial charge in [0.25, 0.3) is 0 Å². The lowest BCUT2D eigenvalue weighted by Gasteiger charge is -2.11. The molecule has 2 heterocycles. The minimum absolute atomic E-state index is 0.102. The second kappa shape index (κ2) is 11.9. The first-order chi connectivity index (χ1) is 18.8. The minimum atomic E-state index is -2.98. The van der Waals surface area contributed by atoms with Crippen LogP contribution in [0, 0.1) is 5.82 Å². The average molecular weight is 563 g/mol. The Hall–Kier alpha value is -3.86. The summed E-state index contributed by atoms with van der Waals surface area (Å²) in [7, 11) is -2.98. The molecule has 10 heteroatoms. The summed E-state index contributed by atoms with van der Waals surface area (Å²) >= 11 is 1.54. The number of benzene rings is 3. The molecule has 7 nitrogen and oxygen atoms in total. The molecule has 0 saturated carbocycles. The average Bonchev–Trinajstić information content (AvgIpc) is 3.39. The molecule has 0 spiro atoms. The molecule has 0 radical (unpaired) electrons. The van der Waals surface area contributed by atoms with Crippen LogP contribution in [-0.4, -0.2) is 36.9 Å². The summed E-state index contributed by atoms with van der Waals surface area (Å²) in [4.78, 5) is 9.25. The van der Waals surface area contributed by atoms with E-state index in [0.717, 1.165) is 44.1 Å². The number of ether oxygens (including phenoxy) is 1. The molecule has 2 aromatic heterocycles. The number of nitrogens with one attached hydrogen (secondary N) is 2. The highest BCUT2D eigenvalue weighted by molar-refractivity contribution is 7.90. The number of aromatic nitrogens is 2. The topological polar surface area (TPSA) is 93.2 Å². The van der Waals surface area contributed by atoms with E-state index in [2.05, 4.69) is 15.6 Å². The van der Waals surface area contributed by atoms with Crippen molar-refractivity contribution in [2.24, 2.45) is 0 Å². The van der Waals surface area contributed by atoms with E-state index in [4.69, 9.17) is 9.72 Å². The Bertz CT molecular complexity index is 1690. The van der Waals surface area contributed by atoms with Crippen LogP contribution in [0.4, 0.5) is 15.8 Å². The van der Waals surface area contributed by atoms with E-state index in [1.165, 1.54) is 18.4 Å². The van der Waals surface area contributed by atoms with Crippen LogP contribution in [0.15, 0.2) is 84.4 Å². The summed E-state index contributed by atoms with van der Waals surface area (Å²) in [6.07, 6.45) is 3.00. The molecule has 0 aliphatic carbocycles. The van der Waals surface area contributed by atoms with Crippen molar-refractivity contribution in [1.29, 1.82) is 0 Å². The van der Waals surface area contributed by atoms with Crippen molar-refractivity contribution in [3.8, 4) is 16.3 Å². The molecular weight excluding hydrogens is 535 g/mol. The fourth-order valence-corrected chi connectivity index (χ4v) is 5.30. The molecule has 2 N–H and O–H groups in total. The largest absolute Gasteiger partial charge is 0.489 e. The van der Waals surface area contributed by atoms with Crippen molar-refractivity contribution >= 4 is 43.5 Å². The van der Waals surface area contributed by atoms with Crippen molar-refractivity contribution in [2.45, 2.75) is 13.2 Å². The number of nitrogens with zero attached hydrogens (tertiary/aromatic N) is 2. The Balaban J connectivity index is 1.23. The van der Waals surface area contributed by atoms with Crippen LogP contribution in [0.5, 0.6) is 5.75 Å². The number of rotatable bonds is 11. The molecule has 0 atom stereocenters. The van der Waals surface area contributed by atoms with Gasteiger partial charge < -0.3 is 15.4 Å². The summed E-state index contributed by atoms with van der Waals surface area (Å²) in [6.45, 7) is 1.20. The van der Waals surface area contributed by atoms with E-state index in [0.29, 0.717) is 25.4 Å². The quantitative estimate of drug-likeness (QED) is 0.192. The van der Waals surface area contributed by atoms with E-state index < -0.39 is 9.84 Å². The summed E-state index contributed by atoms with van der Waals surface area (Å²) in [6, 6.07) is 22.0. The molecule has 0 fully saturated rings. The number of sulfone groups is 1. The lowest BCUT2D eigenvalue weighted by molar-refractivity contribution is 0.305. The monoisotopic (exact) mass is 562 g/mol. The van der Waals surface area contributed by atoms with Crippen molar-refractivity contribution in [3.05, 3.63) is 101 Å².